The summed E-state index contributed by atoms with van der Waals surface area (Å²) in [6.45, 7) is 4.58. The molecule has 7 rings (SSSR count). The Morgan fingerprint density at radius 2 is 1.59 bits per heavy atom. The molecule has 1 saturated heterocycles. The van der Waals surface area contributed by atoms with Crippen LogP contribution in [0.2, 0.25) is 0 Å². The Balaban J connectivity index is 1.18. The topological polar surface area (TPSA) is 39.7 Å². The summed E-state index contributed by atoms with van der Waals surface area (Å²) in [6, 6.07) is 12.8. The van der Waals surface area contributed by atoms with Crippen molar-refractivity contribution in [2.75, 3.05) is 37.6 Å². The van der Waals surface area contributed by atoms with Crippen LogP contribution in [0.25, 0.3) is 0 Å². The largest absolute Gasteiger partial charge is 0.354 e. The molecule has 6 heteroatoms. The van der Waals surface area contributed by atoms with Gasteiger partial charge in [-0.05, 0) is 86.1 Å². The third-order valence-electron chi connectivity index (χ3n) is 8.84. The fourth-order valence-corrected chi connectivity index (χ4v) is 7.64. The first-order chi connectivity index (χ1) is 16.6. The molecule has 0 N–H and O–H groups in total. The molecule has 1 amide bonds. The van der Waals surface area contributed by atoms with E-state index < -0.39 is 0 Å². The van der Waals surface area contributed by atoms with E-state index in [0.717, 1.165) is 74.6 Å². The average molecular weight is 463 g/mol. The minimum absolute atomic E-state index is 0.00397. The van der Waals surface area contributed by atoms with Crippen molar-refractivity contribution in [3.63, 3.8) is 0 Å². The highest BCUT2D eigenvalue weighted by molar-refractivity contribution is 5.79. The van der Waals surface area contributed by atoms with Gasteiger partial charge in [-0.15, -0.1) is 0 Å². The van der Waals surface area contributed by atoms with Crippen molar-refractivity contribution in [1.29, 1.82) is 0 Å². The number of anilines is 1. The monoisotopic (exact) mass is 462 g/mol. The number of aromatic nitrogens is 1. The van der Waals surface area contributed by atoms with Crippen molar-refractivity contribution in [2.45, 2.75) is 50.6 Å². The first kappa shape index (κ1) is 22.0. The molecule has 4 aliphatic carbocycles. The summed E-state index contributed by atoms with van der Waals surface area (Å²) in [5.74, 6) is 3.37. The molecule has 2 aromatic rings. The molecule has 5 fully saturated rings. The smallest absolute Gasteiger partial charge is 0.237 e. The Kier molecular flexibility index (Phi) is 5.80. The van der Waals surface area contributed by atoms with Crippen LogP contribution >= 0.6 is 0 Å². The summed E-state index contributed by atoms with van der Waals surface area (Å²) >= 11 is 0. The second kappa shape index (κ2) is 8.95. The lowest BCUT2D eigenvalue weighted by atomic mass is 9.52. The van der Waals surface area contributed by atoms with Crippen molar-refractivity contribution < 1.29 is 9.18 Å². The maximum atomic E-state index is 13.9. The zero-order valence-electron chi connectivity index (χ0n) is 19.9. The molecule has 34 heavy (non-hydrogen) atoms. The van der Waals surface area contributed by atoms with Crippen molar-refractivity contribution in [1.82, 2.24) is 14.8 Å². The Bertz CT molecular complexity index is 968. The lowest BCUT2D eigenvalue weighted by Crippen LogP contribution is -2.62. The zero-order chi connectivity index (χ0) is 23.1. The van der Waals surface area contributed by atoms with Gasteiger partial charge in [-0.25, -0.2) is 9.37 Å². The molecule has 0 spiro atoms. The fraction of sp³-hybridized carbons (Fsp3) is 0.571. The highest BCUT2D eigenvalue weighted by atomic mass is 19.1. The highest BCUT2D eigenvalue weighted by Gasteiger charge is 2.54. The van der Waals surface area contributed by atoms with Gasteiger partial charge in [-0.2, -0.15) is 0 Å². The summed E-state index contributed by atoms with van der Waals surface area (Å²) in [6.07, 6.45) is 9.36. The van der Waals surface area contributed by atoms with Crippen LogP contribution in [0.5, 0.6) is 0 Å². The van der Waals surface area contributed by atoms with Crippen molar-refractivity contribution >= 4 is 11.7 Å². The lowest BCUT2D eigenvalue weighted by molar-refractivity contribution is -0.153. The van der Waals surface area contributed by atoms with Crippen molar-refractivity contribution in [3.05, 3.63) is 60.0 Å². The standard InChI is InChI=1S/C28H35FN4O/c29-25-6-4-21(5-7-25)19-33(28-16-22-13-23(17-28)15-24(14-22)18-28)27(34)20-31-9-11-32(12-10-31)26-3-1-2-8-30-26/h1-8,22-24H,9-20H2. The molecule has 1 aromatic heterocycles. The molecule has 1 aromatic carbocycles. The van der Waals surface area contributed by atoms with Crippen LogP contribution in [-0.2, 0) is 11.3 Å². The number of carbonyl (C=O) groups excluding carboxylic acids is 1. The molecule has 2 heterocycles. The number of halogens is 1. The van der Waals surface area contributed by atoms with Crippen LogP contribution in [0.15, 0.2) is 48.7 Å². The molecular weight excluding hydrogens is 427 g/mol. The van der Waals surface area contributed by atoms with E-state index in [1.807, 2.05) is 30.5 Å². The normalized spacial score (nSPS) is 30.5. The van der Waals surface area contributed by atoms with Gasteiger partial charge in [0.25, 0.3) is 0 Å². The quantitative estimate of drug-likeness (QED) is 0.640. The second-order valence-electron chi connectivity index (χ2n) is 11.2. The Labute approximate surface area is 201 Å². The average Bonchev–Trinajstić information content (AvgIpc) is 2.84. The van der Waals surface area contributed by atoms with E-state index in [2.05, 4.69) is 25.8 Å². The molecule has 0 radical (unpaired) electrons. The lowest BCUT2D eigenvalue weighted by Gasteiger charge is -2.60. The molecule has 5 aliphatic rings. The maximum absolute atomic E-state index is 13.9. The van der Waals surface area contributed by atoms with E-state index in [9.17, 15) is 9.18 Å². The number of piperazine rings is 1. The van der Waals surface area contributed by atoms with Crippen LogP contribution in [0.3, 0.4) is 0 Å². The van der Waals surface area contributed by atoms with E-state index in [-0.39, 0.29) is 17.3 Å². The minimum Gasteiger partial charge on any atom is -0.354 e. The van der Waals surface area contributed by atoms with Gasteiger partial charge in [0.2, 0.25) is 5.91 Å². The Morgan fingerprint density at radius 1 is 0.941 bits per heavy atom. The number of nitrogens with zero attached hydrogens (tertiary/aromatic N) is 4. The number of hydrogen-bond acceptors (Lipinski definition) is 4. The van der Waals surface area contributed by atoms with E-state index >= 15 is 0 Å². The molecule has 0 atom stereocenters. The van der Waals surface area contributed by atoms with Gasteiger partial charge < -0.3 is 9.80 Å². The molecule has 5 nitrogen and oxygen atoms in total. The molecular formula is C28H35FN4O. The van der Waals surface area contributed by atoms with Gasteiger partial charge in [0.1, 0.15) is 11.6 Å². The van der Waals surface area contributed by atoms with Crippen molar-refractivity contribution in [3.8, 4) is 0 Å². The number of benzene rings is 1. The molecule has 4 saturated carbocycles. The highest BCUT2D eigenvalue weighted by Crippen LogP contribution is 2.58. The van der Waals surface area contributed by atoms with Crippen molar-refractivity contribution in [2.24, 2.45) is 17.8 Å². The molecule has 0 unspecified atom stereocenters. The van der Waals surface area contributed by atoms with Gasteiger partial charge in [0, 0.05) is 44.5 Å². The summed E-state index contributed by atoms with van der Waals surface area (Å²) in [4.78, 5) is 25.3. The van der Waals surface area contributed by atoms with Gasteiger partial charge in [0.15, 0.2) is 0 Å². The molecule has 180 valence electrons. The van der Waals surface area contributed by atoms with Gasteiger partial charge in [0.05, 0.1) is 6.54 Å². The summed E-state index contributed by atoms with van der Waals surface area (Å²) in [5, 5.41) is 0. The van der Waals surface area contributed by atoms with E-state index in [1.54, 1.807) is 0 Å². The third kappa shape index (κ3) is 4.33. The van der Waals surface area contributed by atoms with Gasteiger partial charge in [-0.1, -0.05) is 18.2 Å². The van der Waals surface area contributed by atoms with Crippen LogP contribution in [0.4, 0.5) is 10.2 Å². The number of pyridine rings is 1. The summed E-state index contributed by atoms with van der Waals surface area (Å²) < 4.78 is 13.6. The second-order valence-corrected chi connectivity index (χ2v) is 11.2. The SMILES string of the molecule is O=C(CN1CCN(c2ccccn2)CC1)N(Cc1ccc(F)cc1)C12CC3CC(CC(C3)C1)C2. The summed E-state index contributed by atoms with van der Waals surface area (Å²) in [5.41, 5.74) is 1.03. The van der Waals surface area contributed by atoms with E-state index in [1.165, 1.54) is 31.4 Å². The third-order valence-corrected chi connectivity index (χ3v) is 8.84. The van der Waals surface area contributed by atoms with Crippen LogP contribution in [0.1, 0.15) is 44.1 Å². The predicted molar refractivity (Wildman–Crippen MR) is 131 cm³/mol. The van der Waals surface area contributed by atoms with Gasteiger partial charge >= 0.3 is 0 Å². The minimum atomic E-state index is -0.220. The van der Waals surface area contributed by atoms with E-state index in [0.29, 0.717) is 13.1 Å². The van der Waals surface area contributed by atoms with Crippen LogP contribution < -0.4 is 4.90 Å². The first-order valence-electron chi connectivity index (χ1n) is 13.0. The maximum Gasteiger partial charge on any atom is 0.237 e. The fourth-order valence-electron chi connectivity index (χ4n) is 7.64. The van der Waals surface area contributed by atoms with E-state index in [4.69, 9.17) is 0 Å². The number of carbonyl (C=O) groups is 1. The number of amides is 1. The number of rotatable bonds is 6. The van der Waals surface area contributed by atoms with Crippen LogP contribution in [-0.4, -0.2) is 59.0 Å². The number of hydrogen-bond donors (Lipinski definition) is 0. The predicted octanol–water partition coefficient (Wildman–Crippen LogP) is 4.34. The first-order valence-corrected chi connectivity index (χ1v) is 13.0. The Morgan fingerprint density at radius 3 is 2.18 bits per heavy atom. The van der Waals surface area contributed by atoms with Gasteiger partial charge in [-0.3, -0.25) is 9.69 Å². The Hall–Kier alpha value is -2.47. The summed E-state index contributed by atoms with van der Waals surface area (Å²) in [7, 11) is 0. The van der Waals surface area contributed by atoms with Crippen LogP contribution in [0, 0.1) is 23.6 Å². The molecule has 1 aliphatic heterocycles. The molecule has 4 bridgehead atoms. The zero-order valence-corrected chi connectivity index (χ0v) is 19.9.